The molecule has 0 bridgehead atoms. The highest BCUT2D eigenvalue weighted by molar-refractivity contribution is 14.1. The second-order valence-corrected chi connectivity index (χ2v) is 4.13. The highest BCUT2D eigenvalue weighted by Gasteiger charge is 2.28. The van der Waals surface area contributed by atoms with Crippen molar-refractivity contribution in [3.8, 4) is 0 Å². The summed E-state index contributed by atoms with van der Waals surface area (Å²) in [7, 11) is 0. The molecular weight excluding hydrogens is 310 g/mol. The Kier molecular flexibility index (Phi) is 7.05. The third-order valence-electron chi connectivity index (χ3n) is 1.75. The molecular formula is C8H15F3INO. The first-order chi connectivity index (χ1) is 6.37. The second-order valence-electron chi connectivity index (χ2n) is 3.25. The van der Waals surface area contributed by atoms with Crippen molar-refractivity contribution >= 4 is 22.6 Å². The number of ether oxygens (including phenoxy) is 1. The van der Waals surface area contributed by atoms with E-state index >= 15 is 0 Å². The van der Waals surface area contributed by atoms with Gasteiger partial charge in [0.1, 0.15) is 0 Å². The molecule has 0 aromatic carbocycles. The van der Waals surface area contributed by atoms with Gasteiger partial charge in [-0.3, -0.25) is 4.74 Å². The molecule has 0 saturated carbocycles. The van der Waals surface area contributed by atoms with E-state index in [9.17, 15) is 13.2 Å². The average Bonchev–Trinajstić information content (AvgIpc) is 2.01. The Morgan fingerprint density at radius 1 is 1.36 bits per heavy atom. The molecule has 2 nitrogen and oxygen atoms in total. The van der Waals surface area contributed by atoms with E-state index in [1.165, 1.54) is 0 Å². The van der Waals surface area contributed by atoms with E-state index in [1.807, 2.05) is 13.8 Å². The van der Waals surface area contributed by atoms with Gasteiger partial charge < -0.3 is 5.32 Å². The molecule has 0 aliphatic carbocycles. The quantitative estimate of drug-likeness (QED) is 0.460. The van der Waals surface area contributed by atoms with Crippen molar-refractivity contribution in [2.75, 3.05) is 17.6 Å². The number of alkyl halides is 4. The van der Waals surface area contributed by atoms with Crippen molar-refractivity contribution in [1.82, 2.24) is 5.32 Å². The summed E-state index contributed by atoms with van der Waals surface area (Å²) < 4.78 is 39.2. The van der Waals surface area contributed by atoms with Gasteiger partial charge >= 0.3 is 6.36 Å². The van der Waals surface area contributed by atoms with Gasteiger partial charge in [0.25, 0.3) is 0 Å². The van der Waals surface area contributed by atoms with Gasteiger partial charge in [-0.15, -0.1) is 13.2 Å². The summed E-state index contributed by atoms with van der Waals surface area (Å²) in [5.41, 5.74) is 0. The molecule has 6 heteroatoms. The van der Waals surface area contributed by atoms with E-state index in [0.29, 0.717) is 5.92 Å². The van der Waals surface area contributed by atoms with Crippen LogP contribution in [-0.4, -0.2) is 30.0 Å². The maximum atomic E-state index is 11.6. The summed E-state index contributed by atoms with van der Waals surface area (Å²) >= 11 is 2.21. The lowest BCUT2D eigenvalue weighted by atomic mass is 10.1. The Hall–Kier alpha value is 0.440. The van der Waals surface area contributed by atoms with Crippen LogP contribution in [-0.2, 0) is 4.74 Å². The van der Waals surface area contributed by atoms with Crippen LogP contribution in [0.15, 0.2) is 0 Å². The van der Waals surface area contributed by atoms with Crippen molar-refractivity contribution in [2.24, 2.45) is 5.92 Å². The van der Waals surface area contributed by atoms with Crippen LogP contribution in [0.25, 0.3) is 0 Å². The minimum absolute atomic E-state index is 0.228. The van der Waals surface area contributed by atoms with Crippen LogP contribution in [0.4, 0.5) is 13.2 Å². The van der Waals surface area contributed by atoms with Crippen molar-refractivity contribution in [3.63, 3.8) is 0 Å². The Balaban J connectivity index is 3.52. The largest absolute Gasteiger partial charge is 0.522 e. The zero-order valence-corrected chi connectivity index (χ0v) is 10.4. The SMILES string of the molecule is CC(C)C(CI)NCCOC(F)(F)F. The first-order valence-corrected chi connectivity index (χ1v) is 5.89. The number of halogens is 4. The van der Waals surface area contributed by atoms with Crippen molar-refractivity contribution in [2.45, 2.75) is 26.3 Å². The van der Waals surface area contributed by atoms with Gasteiger partial charge in [-0.25, -0.2) is 0 Å². The van der Waals surface area contributed by atoms with E-state index < -0.39 is 6.36 Å². The van der Waals surface area contributed by atoms with Crippen LogP contribution in [0.3, 0.4) is 0 Å². The second kappa shape index (κ2) is 6.84. The fourth-order valence-electron chi connectivity index (χ4n) is 0.880. The van der Waals surface area contributed by atoms with Gasteiger partial charge in [0, 0.05) is 17.0 Å². The zero-order valence-electron chi connectivity index (χ0n) is 8.20. The summed E-state index contributed by atoms with van der Waals surface area (Å²) in [6.45, 7) is 3.95. The maximum Gasteiger partial charge on any atom is 0.522 e. The molecule has 0 aromatic rings. The van der Waals surface area contributed by atoms with E-state index in [-0.39, 0.29) is 19.2 Å². The van der Waals surface area contributed by atoms with Gasteiger partial charge in [0.15, 0.2) is 0 Å². The standard InChI is InChI=1S/C8H15F3INO/c1-6(2)7(5-12)13-3-4-14-8(9,10)11/h6-7,13H,3-5H2,1-2H3. The molecule has 0 aliphatic heterocycles. The van der Waals surface area contributed by atoms with Crippen LogP contribution in [0.2, 0.25) is 0 Å². The predicted octanol–water partition coefficient (Wildman–Crippen LogP) is 2.57. The molecule has 0 aliphatic rings. The van der Waals surface area contributed by atoms with Gasteiger partial charge in [-0.05, 0) is 5.92 Å². The fourth-order valence-corrected chi connectivity index (χ4v) is 2.21. The molecule has 0 saturated heterocycles. The smallest absolute Gasteiger partial charge is 0.311 e. The van der Waals surface area contributed by atoms with Crippen molar-refractivity contribution in [1.29, 1.82) is 0 Å². The summed E-state index contributed by atoms with van der Waals surface area (Å²) in [4.78, 5) is 0. The van der Waals surface area contributed by atoms with Crippen LogP contribution in [0.1, 0.15) is 13.8 Å². The molecule has 0 aromatic heterocycles. The van der Waals surface area contributed by atoms with Crippen LogP contribution in [0, 0.1) is 5.92 Å². The molecule has 0 heterocycles. The molecule has 0 amide bonds. The number of hydrogen-bond acceptors (Lipinski definition) is 2. The van der Waals surface area contributed by atoms with Gasteiger partial charge in [0.05, 0.1) is 6.61 Å². The highest BCUT2D eigenvalue weighted by atomic mass is 127. The number of nitrogens with one attached hydrogen (secondary N) is 1. The average molecular weight is 325 g/mol. The van der Waals surface area contributed by atoms with Crippen LogP contribution in [0.5, 0.6) is 0 Å². The summed E-state index contributed by atoms with van der Waals surface area (Å²) in [6.07, 6.45) is -4.51. The lowest BCUT2D eigenvalue weighted by Gasteiger charge is -2.20. The Morgan fingerprint density at radius 3 is 2.29 bits per heavy atom. The minimum Gasteiger partial charge on any atom is -0.311 e. The molecule has 1 N–H and O–H groups in total. The van der Waals surface area contributed by atoms with E-state index in [4.69, 9.17) is 0 Å². The monoisotopic (exact) mass is 325 g/mol. The first kappa shape index (κ1) is 14.4. The molecule has 86 valence electrons. The van der Waals surface area contributed by atoms with Gasteiger partial charge in [-0.2, -0.15) is 0 Å². The van der Waals surface area contributed by atoms with Crippen LogP contribution >= 0.6 is 22.6 Å². The summed E-state index contributed by atoms with van der Waals surface area (Å²) in [5, 5.41) is 3.01. The molecule has 0 spiro atoms. The molecule has 0 fully saturated rings. The first-order valence-electron chi connectivity index (χ1n) is 4.37. The van der Waals surface area contributed by atoms with Crippen LogP contribution < -0.4 is 5.32 Å². The minimum atomic E-state index is -4.51. The third kappa shape index (κ3) is 7.81. The molecule has 0 radical (unpaired) electrons. The summed E-state index contributed by atoms with van der Waals surface area (Å²) in [5.74, 6) is 0.415. The van der Waals surface area contributed by atoms with Crippen molar-refractivity contribution in [3.05, 3.63) is 0 Å². The Labute approximate surface area is 95.7 Å². The molecule has 1 atom stereocenters. The van der Waals surface area contributed by atoms with Crippen molar-refractivity contribution < 1.29 is 17.9 Å². The Morgan fingerprint density at radius 2 is 1.93 bits per heavy atom. The molecule has 0 rings (SSSR count). The molecule has 1 unspecified atom stereocenters. The molecule has 14 heavy (non-hydrogen) atoms. The zero-order chi connectivity index (χ0) is 11.2. The van der Waals surface area contributed by atoms with Gasteiger partial charge in [0.2, 0.25) is 0 Å². The highest BCUT2D eigenvalue weighted by Crippen LogP contribution is 2.15. The maximum absolute atomic E-state index is 11.6. The predicted molar refractivity (Wildman–Crippen MR) is 57.5 cm³/mol. The van der Waals surface area contributed by atoms with Gasteiger partial charge in [-0.1, -0.05) is 36.4 Å². The lowest BCUT2D eigenvalue weighted by Crippen LogP contribution is -2.38. The fraction of sp³-hybridized carbons (Fsp3) is 1.00. The summed E-state index contributed by atoms with van der Waals surface area (Å²) in [6, 6.07) is 0.243. The van der Waals surface area contributed by atoms with E-state index in [1.54, 1.807) is 0 Å². The third-order valence-corrected chi connectivity index (χ3v) is 2.69. The Bertz CT molecular complexity index is 152. The topological polar surface area (TPSA) is 21.3 Å². The van der Waals surface area contributed by atoms with E-state index in [2.05, 4.69) is 32.6 Å². The number of rotatable bonds is 6. The number of hydrogen-bond donors (Lipinski definition) is 1. The van der Waals surface area contributed by atoms with E-state index in [0.717, 1.165) is 4.43 Å². The normalized spacial score (nSPS) is 14.8. The lowest BCUT2D eigenvalue weighted by molar-refractivity contribution is -0.323.